The second-order valence-electron chi connectivity index (χ2n) is 6.38. The molecule has 2 amide bonds. The summed E-state index contributed by atoms with van der Waals surface area (Å²) in [5.41, 5.74) is 5.66. The van der Waals surface area contributed by atoms with Crippen molar-refractivity contribution in [2.75, 3.05) is 13.1 Å². The molecule has 1 saturated carbocycles. The van der Waals surface area contributed by atoms with Crippen LogP contribution in [-0.2, 0) is 9.59 Å². The second-order valence-corrected chi connectivity index (χ2v) is 6.38. The second kappa shape index (κ2) is 4.78. The Hall–Kier alpha value is -1.10. The van der Waals surface area contributed by atoms with E-state index in [4.69, 9.17) is 5.73 Å². The van der Waals surface area contributed by atoms with Gasteiger partial charge in [-0.3, -0.25) is 9.59 Å². The molecule has 5 heteroatoms. The molecular formula is C14H23N3O2. The lowest BCUT2D eigenvalue weighted by Crippen LogP contribution is -2.60. The Morgan fingerprint density at radius 3 is 2.79 bits per heavy atom. The Morgan fingerprint density at radius 2 is 2.05 bits per heavy atom. The highest BCUT2D eigenvalue weighted by molar-refractivity contribution is 5.86. The molecule has 106 valence electrons. The van der Waals surface area contributed by atoms with Crippen LogP contribution in [0.1, 0.15) is 44.9 Å². The molecule has 0 aromatic heterocycles. The molecule has 3 fully saturated rings. The van der Waals surface area contributed by atoms with E-state index in [0.29, 0.717) is 12.3 Å². The molecule has 2 heterocycles. The summed E-state index contributed by atoms with van der Waals surface area (Å²) in [5, 5.41) is 3.05. The van der Waals surface area contributed by atoms with E-state index in [-0.39, 0.29) is 17.9 Å². The lowest BCUT2D eigenvalue weighted by Gasteiger charge is -2.43. The van der Waals surface area contributed by atoms with Crippen LogP contribution >= 0.6 is 0 Å². The van der Waals surface area contributed by atoms with Crippen LogP contribution in [0.5, 0.6) is 0 Å². The zero-order chi connectivity index (χ0) is 13.5. The topological polar surface area (TPSA) is 75.4 Å². The highest BCUT2D eigenvalue weighted by Crippen LogP contribution is 2.32. The van der Waals surface area contributed by atoms with E-state index in [2.05, 4.69) is 5.32 Å². The van der Waals surface area contributed by atoms with Crippen molar-refractivity contribution in [2.24, 2.45) is 11.7 Å². The van der Waals surface area contributed by atoms with Crippen molar-refractivity contribution in [3.8, 4) is 0 Å². The van der Waals surface area contributed by atoms with Gasteiger partial charge in [0.05, 0.1) is 5.54 Å². The van der Waals surface area contributed by atoms with Crippen molar-refractivity contribution in [2.45, 2.75) is 56.5 Å². The lowest BCUT2D eigenvalue weighted by atomic mass is 9.84. The van der Waals surface area contributed by atoms with Crippen molar-refractivity contribution < 1.29 is 9.59 Å². The zero-order valence-electron chi connectivity index (χ0n) is 11.4. The maximum absolute atomic E-state index is 12.6. The van der Waals surface area contributed by atoms with E-state index in [0.717, 1.165) is 51.6 Å². The minimum absolute atomic E-state index is 0.139. The van der Waals surface area contributed by atoms with Crippen molar-refractivity contribution in [1.82, 2.24) is 10.2 Å². The van der Waals surface area contributed by atoms with Crippen molar-refractivity contribution in [3.63, 3.8) is 0 Å². The number of rotatable bonds is 1. The summed E-state index contributed by atoms with van der Waals surface area (Å²) in [5.74, 6) is 0.716. The van der Waals surface area contributed by atoms with Gasteiger partial charge >= 0.3 is 0 Å². The van der Waals surface area contributed by atoms with Gasteiger partial charge in [-0.1, -0.05) is 12.8 Å². The molecule has 0 radical (unpaired) electrons. The van der Waals surface area contributed by atoms with Gasteiger partial charge in [0.2, 0.25) is 11.8 Å². The number of likely N-dealkylation sites (tertiary alicyclic amines) is 1. The SMILES string of the molecule is NC1(C(=O)N2CCC3NC(=O)CCC3C2)CCCC1. The molecule has 2 aliphatic heterocycles. The maximum atomic E-state index is 12.6. The van der Waals surface area contributed by atoms with Crippen LogP contribution in [0.4, 0.5) is 0 Å². The fourth-order valence-electron chi connectivity index (χ4n) is 3.83. The number of fused-ring (bicyclic) bond motifs is 1. The first kappa shape index (κ1) is 12.9. The van der Waals surface area contributed by atoms with Gasteiger partial charge in [0.1, 0.15) is 0 Å². The molecule has 3 aliphatic rings. The Balaban J connectivity index is 1.64. The maximum Gasteiger partial charge on any atom is 0.242 e. The van der Waals surface area contributed by atoms with E-state index >= 15 is 0 Å². The predicted octanol–water partition coefficient (Wildman–Crippen LogP) is 0.385. The summed E-state index contributed by atoms with van der Waals surface area (Å²) >= 11 is 0. The Morgan fingerprint density at radius 1 is 1.32 bits per heavy atom. The molecule has 1 aliphatic carbocycles. The standard InChI is InChI=1S/C14H23N3O2/c15-14(6-1-2-7-14)13(19)17-8-5-11-10(9-17)3-4-12(18)16-11/h10-11H,1-9,15H2,(H,16,18). The van der Waals surface area contributed by atoms with Crippen LogP contribution in [0.3, 0.4) is 0 Å². The van der Waals surface area contributed by atoms with Crippen molar-refractivity contribution >= 4 is 11.8 Å². The molecule has 3 N–H and O–H groups in total. The van der Waals surface area contributed by atoms with Gasteiger partial charge in [-0.05, 0) is 31.6 Å². The van der Waals surface area contributed by atoms with E-state index in [1.165, 1.54) is 0 Å². The normalized spacial score (nSPS) is 33.7. The third-order valence-corrected chi connectivity index (χ3v) is 5.03. The number of nitrogens with zero attached hydrogens (tertiary/aromatic N) is 1. The molecule has 0 spiro atoms. The smallest absolute Gasteiger partial charge is 0.242 e. The highest BCUT2D eigenvalue weighted by Gasteiger charge is 2.43. The third-order valence-electron chi connectivity index (χ3n) is 5.03. The summed E-state index contributed by atoms with van der Waals surface area (Å²) in [6, 6.07) is 0.266. The number of nitrogens with one attached hydrogen (secondary N) is 1. The van der Waals surface area contributed by atoms with Gasteiger partial charge < -0.3 is 16.0 Å². The van der Waals surface area contributed by atoms with Gasteiger partial charge in [-0.25, -0.2) is 0 Å². The van der Waals surface area contributed by atoms with Crippen molar-refractivity contribution in [3.05, 3.63) is 0 Å². The Labute approximate surface area is 113 Å². The molecule has 2 atom stereocenters. The molecule has 0 aromatic carbocycles. The number of hydrogen-bond acceptors (Lipinski definition) is 3. The van der Waals surface area contributed by atoms with E-state index < -0.39 is 5.54 Å². The first-order valence-electron chi connectivity index (χ1n) is 7.46. The molecule has 2 unspecified atom stereocenters. The Kier molecular flexibility index (Phi) is 3.25. The summed E-state index contributed by atoms with van der Waals surface area (Å²) in [7, 11) is 0. The minimum atomic E-state index is -0.606. The van der Waals surface area contributed by atoms with Gasteiger partial charge in [-0.15, -0.1) is 0 Å². The van der Waals surface area contributed by atoms with Gasteiger partial charge in [0, 0.05) is 25.6 Å². The molecule has 2 saturated heterocycles. The number of hydrogen-bond donors (Lipinski definition) is 2. The summed E-state index contributed by atoms with van der Waals surface area (Å²) in [6.45, 7) is 1.50. The molecule has 5 nitrogen and oxygen atoms in total. The van der Waals surface area contributed by atoms with Crippen LogP contribution in [0.2, 0.25) is 0 Å². The Bertz CT molecular complexity index is 390. The number of piperidine rings is 2. The third kappa shape index (κ3) is 2.36. The largest absolute Gasteiger partial charge is 0.353 e. The fourth-order valence-corrected chi connectivity index (χ4v) is 3.83. The van der Waals surface area contributed by atoms with Gasteiger partial charge in [-0.2, -0.15) is 0 Å². The predicted molar refractivity (Wildman–Crippen MR) is 71.2 cm³/mol. The average Bonchev–Trinajstić information content (AvgIpc) is 2.85. The van der Waals surface area contributed by atoms with E-state index in [1.54, 1.807) is 0 Å². The molecule has 19 heavy (non-hydrogen) atoms. The molecule has 0 bridgehead atoms. The fraction of sp³-hybridized carbons (Fsp3) is 0.857. The van der Waals surface area contributed by atoms with Gasteiger partial charge in [0.25, 0.3) is 0 Å². The summed E-state index contributed by atoms with van der Waals surface area (Å²) < 4.78 is 0. The lowest BCUT2D eigenvalue weighted by molar-refractivity contribution is -0.140. The first-order chi connectivity index (χ1) is 9.08. The van der Waals surface area contributed by atoms with Gasteiger partial charge in [0.15, 0.2) is 0 Å². The van der Waals surface area contributed by atoms with Crippen molar-refractivity contribution in [1.29, 1.82) is 0 Å². The van der Waals surface area contributed by atoms with Crippen LogP contribution in [0.15, 0.2) is 0 Å². The number of amides is 2. The molecular weight excluding hydrogens is 242 g/mol. The van der Waals surface area contributed by atoms with Crippen LogP contribution in [0.25, 0.3) is 0 Å². The molecule has 0 aromatic rings. The quantitative estimate of drug-likeness (QED) is 0.720. The van der Waals surface area contributed by atoms with Crippen LogP contribution < -0.4 is 11.1 Å². The summed E-state index contributed by atoms with van der Waals surface area (Å²) in [4.78, 5) is 25.9. The van der Waals surface area contributed by atoms with Crippen LogP contribution in [-0.4, -0.2) is 41.4 Å². The first-order valence-corrected chi connectivity index (χ1v) is 7.46. The van der Waals surface area contributed by atoms with E-state index in [1.807, 2.05) is 4.90 Å². The van der Waals surface area contributed by atoms with Crippen LogP contribution in [0, 0.1) is 5.92 Å². The highest BCUT2D eigenvalue weighted by atomic mass is 16.2. The number of carbonyl (C=O) groups excluding carboxylic acids is 2. The average molecular weight is 265 g/mol. The number of carbonyl (C=O) groups is 2. The minimum Gasteiger partial charge on any atom is -0.353 e. The zero-order valence-corrected chi connectivity index (χ0v) is 11.4. The summed E-state index contributed by atoms with van der Waals surface area (Å²) in [6.07, 6.45) is 6.16. The van der Waals surface area contributed by atoms with E-state index in [9.17, 15) is 9.59 Å². The molecule has 3 rings (SSSR count). The number of nitrogens with two attached hydrogens (primary N) is 1. The monoisotopic (exact) mass is 265 g/mol.